The Hall–Kier alpha value is -3.20. The van der Waals surface area contributed by atoms with Gasteiger partial charge in [0.2, 0.25) is 15.9 Å². The highest BCUT2D eigenvalue weighted by Gasteiger charge is 2.28. The molecule has 0 aromatic heterocycles. The summed E-state index contributed by atoms with van der Waals surface area (Å²) >= 11 is 6.00. The third-order valence-corrected chi connectivity index (χ3v) is 6.58. The molecule has 0 spiro atoms. The summed E-state index contributed by atoms with van der Waals surface area (Å²) in [6, 6.07) is 18.5. The Labute approximate surface area is 197 Å². The summed E-state index contributed by atoms with van der Waals surface area (Å²) in [5.41, 5.74) is 1.57. The number of sulfonamides is 1. The number of benzene rings is 3. The van der Waals surface area contributed by atoms with Crippen LogP contribution in [0.3, 0.4) is 0 Å². The first-order valence-corrected chi connectivity index (χ1v) is 11.9. The molecular weight excluding hydrogens is 464 g/mol. The number of hydrogen-bond acceptors (Lipinski definition) is 5. The molecule has 0 saturated carbocycles. The van der Waals surface area contributed by atoms with E-state index in [1.54, 1.807) is 42.5 Å². The van der Waals surface area contributed by atoms with Crippen LogP contribution in [0.1, 0.15) is 22.8 Å². The predicted octanol–water partition coefficient (Wildman–Crippen LogP) is 4.08. The molecule has 0 saturated heterocycles. The Morgan fingerprint density at radius 3 is 2.39 bits per heavy atom. The number of carbonyl (C=O) groups is 2. The Morgan fingerprint density at radius 2 is 1.73 bits per heavy atom. The van der Waals surface area contributed by atoms with Gasteiger partial charge in [-0.05, 0) is 49.2 Å². The Balaban J connectivity index is 1.93. The fourth-order valence-corrected chi connectivity index (χ4v) is 4.82. The molecule has 172 valence electrons. The van der Waals surface area contributed by atoms with Crippen molar-refractivity contribution in [3.8, 4) is 5.75 Å². The molecule has 3 aromatic rings. The van der Waals surface area contributed by atoms with Crippen molar-refractivity contribution in [3.63, 3.8) is 0 Å². The zero-order chi connectivity index (χ0) is 24.0. The van der Waals surface area contributed by atoms with E-state index >= 15 is 0 Å². The van der Waals surface area contributed by atoms with Gasteiger partial charge in [-0.25, -0.2) is 8.42 Å². The maximum absolute atomic E-state index is 13.2. The number of methoxy groups -OCH3 is 1. The fraction of sp³-hybridized carbons (Fsp3) is 0.167. The number of ketones is 1. The minimum atomic E-state index is -4.18. The minimum Gasteiger partial charge on any atom is -0.495 e. The number of carbonyl (C=O) groups excluding carboxylic acids is 2. The van der Waals surface area contributed by atoms with Crippen molar-refractivity contribution >= 4 is 39.0 Å². The van der Waals surface area contributed by atoms with Gasteiger partial charge < -0.3 is 10.1 Å². The van der Waals surface area contributed by atoms with Gasteiger partial charge in [0.25, 0.3) is 0 Å². The molecule has 0 fully saturated rings. The van der Waals surface area contributed by atoms with Gasteiger partial charge in [0.05, 0.1) is 7.11 Å². The van der Waals surface area contributed by atoms with Gasteiger partial charge in [0, 0.05) is 16.3 Å². The van der Waals surface area contributed by atoms with Crippen molar-refractivity contribution in [1.29, 1.82) is 0 Å². The molecule has 33 heavy (non-hydrogen) atoms. The van der Waals surface area contributed by atoms with Crippen molar-refractivity contribution in [3.05, 3.63) is 88.9 Å². The van der Waals surface area contributed by atoms with E-state index in [1.165, 1.54) is 38.3 Å². The number of ether oxygens (including phenoxy) is 1. The van der Waals surface area contributed by atoms with Gasteiger partial charge in [0.1, 0.15) is 16.7 Å². The van der Waals surface area contributed by atoms with Gasteiger partial charge in [0.15, 0.2) is 5.78 Å². The third-order valence-electron chi connectivity index (χ3n) is 4.85. The van der Waals surface area contributed by atoms with Crippen molar-refractivity contribution in [2.45, 2.75) is 24.3 Å². The molecule has 0 aliphatic rings. The molecule has 0 bridgehead atoms. The van der Waals surface area contributed by atoms with Crippen LogP contribution in [0, 0.1) is 0 Å². The molecule has 0 heterocycles. The molecule has 2 N–H and O–H groups in total. The van der Waals surface area contributed by atoms with Crippen LogP contribution in [0.5, 0.6) is 5.75 Å². The maximum atomic E-state index is 13.2. The van der Waals surface area contributed by atoms with E-state index in [0.717, 1.165) is 5.56 Å². The zero-order valence-electron chi connectivity index (χ0n) is 18.0. The molecule has 1 amide bonds. The first kappa shape index (κ1) is 24.4. The van der Waals surface area contributed by atoms with Gasteiger partial charge in [-0.1, -0.05) is 54.1 Å². The molecule has 7 nitrogen and oxygen atoms in total. The third kappa shape index (κ3) is 6.41. The summed E-state index contributed by atoms with van der Waals surface area (Å²) in [5, 5.41) is 2.91. The van der Waals surface area contributed by atoms with Gasteiger partial charge in [-0.3, -0.25) is 9.59 Å². The summed E-state index contributed by atoms with van der Waals surface area (Å²) < 4.78 is 34.0. The summed E-state index contributed by atoms with van der Waals surface area (Å²) in [7, 11) is -2.83. The van der Waals surface area contributed by atoms with E-state index in [4.69, 9.17) is 16.3 Å². The molecule has 0 aliphatic heterocycles. The quantitative estimate of drug-likeness (QED) is 0.444. The molecule has 3 rings (SSSR count). The van der Waals surface area contributed by atoms with Crippen molar-refractivity contribution in [1.82, 2.24) is 4.72 Å². The largest absolute Gasteiger partial charge is 0.495 e. The lowest BCUT2D eigenvalue weighted by molar-refractivity contribution is -0.117. The normalized spacial score (nSPS) is 12.1. The summed E-state index contributed by atoms with van der Waals surface area (Å²) in [6.45, 7) is 1.42. The van der Waals surface area contributed by atoms with Gasteiger partial charge in [-0.2, -0.15) is 4.72 Å². The number of halogens is 1. The zero-order valence-corrected chi connectivity index (χ0v) is 19.6. The van der Waals surface area contributed by atoms with Crippen molar-refractivity contribution in [2.24, 2.45) is 0 Å². The average Bonchev–Trinajstić information content (AvgIpc) is 2.79. The van der Waals surface area contributed by atoms with E-state index < -0.39 is 22.0 Å². The molecule has 3 aromatic carbocycles. The molecule has 0 aliphatic carbocycles. The van der Waals surface area contributed by atoms with E-state index in [1.807, 2.05) is 6.07 Å². The van der Waals surface area contributed by atoms with Crippen LogP contribution in [0.25, 0.3) is 0 Å². The first-order valence-electron chi connectivity index (χ1n) is 10.0. The first-order chi connectivity index (χ1) is 15.7. The predicted molar refractivity (Wildman–Crippen MR) is 127 cm³/mol. The Morgan fingerprint density at radius 1 is 1.00 bits per heavy atom. The van der Waals surface area contributed by atoms with Crippen LogP contribution in [0.2, 0.25) is 5.02 Å². The van der Waals surface area contributed by atoms with Crippen LogP contribution in [-0.2, 0) is 21.2 Å². The second-order valence-corrected chi connectivity index (χ2v) is 9.40. The number of nitrogens with one attached hydrogen (secondary N) is 2. The second kappa shape index (κ2) is 10.6. The average molecular weight is 487 g/mol. The number of Topliss-reactive ketones (excluding diaryl/α,β-unsaturated/α-hetero) is 1. The van der Waals surface area contributed by atoms with E-state index in [0.29, 0.717) is 11.3 Å². The number of hydrogen-bond donors (Lipinski definition) is 2. The van der Waals surface area contributed by atoms with Crippen LogP contribution in [0.15, 0.2) is 77.7 Å². The smallest absolute Gasteiger partial charge is 0.245 e. The summed E-state index contributed by atoms with van der Waals surface area (Å²) in [6.07, 6.45) is 0.0984. The number of amides is 1. The Bertz CT molecular complexity index is 1260. The molecule has 0 unspecified atom stereocenters. The highest BCUT2D eigenvalue weighted by molar-refractivity contribution is 7.89. The topological polar surface area (TPSA) is 102 Å². The Kier molecular flexibility index (Phi) is 7.86. The van der Waals surface area contributed by atoms with Gasteiger partial charge >= 0.3 is 0 Å². The van der Waals surface area contributed by atoms with E-state index in [2.05, 4.69) is 10.0 Å². The number of anilines is 1. The molecule has 0 radical (unpaired) electrons. The van der Waals surface area contributed by atoms with Gasteiger partial charge in [-0.15, -0.1) is 0 Å². The van der Waals surface area contributed by atoms with Crippen LogP contribution in [0.4, 0.5) is 5.69 Å². The van der Waals surface area contributed by atoms with E-state index in [-0.39, 0.29) is 27.9 Å². The number of rotatable bonds is 9. The van der Waals surface area contributed by atoms with Crippen LogP contribution < -0.4 is 14.8 Å². The monoisotopic (exact) mass is 486 g/mol. The van der Waals surface area contributed by atoms with Crippen LogP contribution >= 0.6 is 11.6 Å². The standard InChI is InChI=1S/C24H23ClN2O5S/c1-16(28)18-9-6-10-20(14-18)26-24(29)21(13-17-7-4-3-5-8-17)27-33(30,31)23-15-19(25)11-12-22(23)32-2/h3-12,14-15,21,27H,13H2,1-2H3,(H,26,29)/t21-/m1/s1. The highest BCUT2D eigenvalue weighted by Crippen LogP contribution is 2.27. The minimum absolute atomic E-state index is 0.0972. The SMILES string of the molecule is COc1ccc(Cl)cc1S(=O)(=O)N[C@H](Cc1ccccc1)C(=O)Nc1cccc(C(C)=O)c1. The maximum Gasteiger partial charge on any atom is 0.245 e. The van der Waals surface area contributed by atoms with Crippen LogP contribution in [-0.4, -0.2) is 33.3 Å². The second-order valence-electron chi connectivity index (χ2n) is 7.29. The van der Waals surface area contributed by atoms with Crippen molar-refractivity contribution in [2.75, 3.05) is 12.4 Å². The lowest BCUT2D eigenvalue weighted by Gasteiger charge is -2.20. The lowest BCUT2D eigenvalue weighted by atomic mass is 10.1. The van der Waals surface area contributed by atoms with Crippen molar-refractivity contribution < 1.29 is 22.7 Å². The molecule has 1 atom stereocenters. The molecule has 9 heteroatoms. The molecular formula is C24H23ClN2O5S. The van der Waals surface area contributed by atoms with E-state index in [9.17, 15) is 18.0 Å². The summed E-state index contributed by atoms with van der Waals surface area (Å²) in [4.78, 5) is 24.6. The summed E-state index contributed by atoms with van der Waals surface area (Å²) in [5.74, 6) is -0.634. The highest BCUT2D eigenvalue weighted by atomic mass is 35.5. The fourth-order valence-electron chi connectivity index (χ4n) is 3.19. The lowest BCUT2D eigenvalue weighted by Crippen LogP contribution is -2.45.